The molecule has 1 atom stereocenters. The van der Waals surface area contributed by atoms with Crippen LogP contribution in [-0.4, -0.2) is 13.5 Å². The van der Waals surface area contributed by atoms with Crippen molar-refractivity contribution in [1.29, 1.82) is 0 Å². The molecule has 5 nitrogen and oxygen atoms in total. The lowest BCUT2D eigenvalue weighted by Gasteiger charge is -1.99. The van der Waals surface area contributed by atoms with E-state index < -0.39 is 16.9 Å². The van der Waals surface area contributed by atoms with E-state index in [0.717, 1.165) is 0 Å². The van der Waals surface area contributed by atoms with Crippen molar-refractivity contribution in [2.45, 2.75) is 0 Å². The summed E-state index contributed by atoms with van der Waals surface area (Å²) in [6.07, 6.45) is 1.25. The standard InChI is InChI=1S/C5H5NO4S/c7-5-3-1-2-4-6(5)10-11(8)9/h1-4H,(H,8,9). The second-order valence-electron chi connectivity index (χ2n) is 1.66. The third kappa shape index (κ3) is 2.17. The van der Waals surface area contributed by atoms with Crippen LogP contribution in [0, 0.1) is 0 Å². The maximum atomic E-state index is 10.7. The molecular weight excluding hydrogens is 170 g/mol. The maximum absolute atomic E-state index is 10.7. The molecule has 0 radical (unpaired) electrons. The van der Waals surface area contributed by atoms with Crippen molar-refractivity contribution in [3.05, 3.63) is 34.7 Å². The zero-order valence-electron chi connectivity index (χ0n) is 5.34. The molecule has 1 heterocycles. The molecule has 1 aromatic heterocycles. The summed E-state index contributed by atoms with van der Waals surface area (Å²) < 4.78 is 23.1. The molecule has 0 saturated carbocycles. The van der Waals surface area contributed by atoms with Gasteiger partial charge in [0.25, 0.3) is 5.56 Å². The monoisotopic (exact) mass is 175 g/mol. The third-order valence-electron chi connectivity index (χ3n) is 0.933. The molecule has 0 spiro atoms. The fraction of sp³-hybridized carbons (Fsp3) is 0. The van der Waals surface area contributed by atoms with E-state index in [2.05, 4.69) is 4.28 Å². The zero-order valence-corrected chi connectivity index (χ0v) is 6.15. The topological polar surface area (TPSA) is 68.5 Å². The van der Waals surface area contributed by atoms with Crippen LogP contribution < -0.4 is 9.84 Å². The van der Waals surface area contributed by atoms with Gasteiger partial charge in [-0.25, -0.2) is 0 Å². The molecule has 0 aliphatic heterocycles. The smallest absolute Gasteiger partial charge is 0.282 e. The van der Waals surface area contributed by atoms with Crippen LogP contribution in [0.2, 0.25) is 0 Å². The molecule has 0 aliphatic rings. The van der Waals surface area contributed by atoms with Crippen LogP contribution in [0.4, 0.5) is 0 Å². The fourth-order valence-electron chi connectivity index (χ4n) is 0.543. The molecule has 0 saturated heterocycles. The molecule has 1 rings (SSSR count). The van der Waals surface area contributed by atoms with Crippen molar-refractivity contribution in [3.63, 3.8) is 0 Å². The molecule has 1 N–H and O–H groups in total. The second kappa shape index (κ2) is 3.31. The van der Waals surface area contributed by atoms with Gasteiger partial charge in [-0.3, -0.25) is 13.6 Å². The highest BCUT2D eigenvalue weighted by Crippen LogP contribution is 1.78. The summed E-state index contributed by atoms with van der Waals surface area (Å²) in [4.78, 5) is 10.7. The quantitative estimate of drug-likeness (QED) is 0.610. The zero-order chi connectivity index (χ0) is 8.27. The van der Waals surface area contributed by atoms with Crippen LogP contribution in [0.15, 0.2) is 29.2 Å². The molecule has 0 bridgehead atoms. The molecule has 60 valence electrons. The fourth-order valence-corrected chi connectivity index (χ4v) is 0.803. The van der Waals surface area contributed by atoms with Gasteiger partial charge in [0.15, 0.2) is 0 Å². The van der Waals surface area contributed by atoms with Gasteiger partial charge in [-0.2, -0.15) is 4.21 Å². The number of hydrogen-bond donors (Lipinski definition) is 1. The van der Waals surface area contributed by atoms with Crippen molar-refractivity contribution in [2.75, 3.05) is 0 Å². The van der Waals surface area contributed by atoms with Crippen LogP contribution in [-0.2, 0) is 11.4 Å². The normalized spacial score (nSPS) is 12.5. The van der Waals surface area contributed by atoms with E-state index in [1.165, 1.54) is 24.4 Å². The lowest BCUT2D eigenvalue weighted by molar-refractivity contribution is 0.259. The van der Waals surface area contributed by atoms with Gasteiger partial charge in [-0.15, -0.1) is 4.73 Å². The second-order valence-corrected chi connectivity index (χ2v) is 2.24. The van der Waals surface area contributed by atoms with Crippen molar-refractivity contribution < 1.29 is 13.0 Å². The highest BCUT2D eigenvalue weighted by atomic mass is 32.2. The van der Waals surface area contributed by atoms with Crippen LogP contribution >= 0.6 is 0 Å². The molecule has 1 unspecified atom stereocenters. The average Bonchev–Trinajstić information content (AvgIpc) is 1.93. The van der Waals surface area contributed by atoms with Gasteiger partial charge >= 0.3 is 11.4 Å². The van der Waals surface area contributed by atoms with E-state index >= 15 is 0 Å². The Balaban J connectivity index is 2.95. The van der Waals surface area contributed by atoms with Gasteiger partial charge in [-0.05, 0) is 6.07 Å². The van der Waals surface area contributed by atoms with Gasteiger partial charge in [-0.1, -0.05) is 6.07 Å². The summed E-state index contributed by atoms with van der Waals surface area (Å²) in [6.45, 7) is 0. The van der Waals surface area contributed by atoms with Gasteiger partial charge in [0.2, 0.25) is 0 Å². The summed E-state index contributed by atoms with van der Waals surface area (Å²) >= 11 is -2.46. The van der Waals surface area contributed by atoms with Gasteiger partial charge in [0.05, 0.1) is 0 Å². The largest absolute Gasteiger partial charge is 0.377 e. The summed E-state index contributed by atoms with van der Waals surface area (Å²) in [5, 5.41) is 0. The van der Waals surface area contributed by atoms with Crippen LogP contribution in [0.25, 0.3) is 0 Å². The Bertz CT molecular complexity index is 320. The Labute approximate surface area is 64.7 Å². The lowest BCUT2D eigenvalue weighted by atomic mass is 10.5. The number of aromatic nitrogens is 1. The first kappa shape index (κ1) is 7.96. The SMILES string of the molecule is O=c1ccccn1OS(=O)O. The van der Waals surface area contributed by atoms with Crippen molar-refractivity contribution in [3.8, 4) is 0 Å². The first-order chi connectivity index (χ1) is 5.20. The molecule has 6 heteroatoms. The van der Waals surface area contributed by atoms with E-state index in [-0.39, 0.29) is 0 Å². The van der Waals surface area contributed by atoms with Crippen LogP contribution in [0.3, 0.4) is 0 Å². The molecule has 11 heavy (non-hydrogen) atoms. The summed E-state index contributed by atoms with van der Waals surface area (Å²) in [5.41, 5.74) is -0.491. The van der Waals surface area contributed by atoms with Crippen molar-refractivity contribution in [1.82, 2.24) is 4.73 Å². The van der Waals surface area contributed by atoms with Gasteiger partial charge < -0.3 is 0 Å². The Hall–Kier alpha value is -1.14. The molecular formula is C5H5NO4S. The van der Waals surface area contributed by atoms with E-state index in [1.807, 2.05) is 0 Å². The van der Waals surface area contributed by atoms with Crippen LogP contribution in [0.5, 0.6) is 0 Å². The maximum Gasteiger partial charge on any atom is 0.377 e. The number of nitrogens with zero attached hydrogens (tertiary/aromatic N) is 1. The molecule has 0 aromatic carbocycles. The van der Waals surface area contributed by atoms with E-state index in [4.69, 9.17) is 4.55 Å². The minimum absolute atomic E-state index is 0.491. The lowest BCUT2D eigenvalue weighted by Crippen LogP contribution is -2.26. The number of hydrogen-bond acceptors (Lipinski definition) is 3. The average molecular weight is 175 g/mol. The molecule has 1 aromatic rings. The molecule has 0 aliphatic carbocycles. The van der Waals surface area contributed by atoms with E-state index in [0.29, 0.717) is 4.73 Å². The molecule has 0 amide bonds. The Morgan fingerprint density at radius 1 is 1.55 bits per heavy atom. The Kier molecular flexibility index (Phi) is 2.40. The summed E-state index contributed by atoms with van der Waals surface area (Å²) in [6, 6.07) is 4.23. The first-order valence-corrected chi connectivity index (χ1v) is 3.70. The minimum Gasteiger partial charge on any atom is -0.282 e. The summed E-state index contributed by atoms with van der Waals surface area (Å²) in [7, 11) is 0. The highest BCUT2D eigenvalue weighted by molar-refractivity contribution is 7.74. The van der Waals surface area contributed by atoms with Gasteiger partial charge in [0, 0.05) is 12.3 Å². The predicted molar refractivity (Wildman–Crippen MR) is 38.1 cm³/mol. The summed E-state index contributed by atoms with van der Waals surface area (Å²) in [5.74, 6) is 0. The Morgan fingerprint density at radius 3 is 2.82 bits per heavy atom. The molecule has 0 fully saturated rings. The van der Waals surface area contributed by atoms with Crippen molar-refractivity contribution >= 4 is 11.4 Å². The highest BCUT2D eigenvalue weighted by Gasteiger charge is 1.96. The van der Waals surface area contributed by atoms with E-state index in [9.17, 15) is 9.00 Å². The Morgan fingerprint density at radius 2 is 2.27 bits per heavy atom. The van der Waals surface area contributed by atoms with Gasteiger partial charge in [0.1, 0.15) is 0 Å². The third-order valence-corrected chi connectivity index (χ3v) is 1.22. The number of rotatable bonds is 2. The predicted octanol–water partition coefficient (Wildman–Crippen LogP) is -0.586. The number of pyridine rings is 1. The minimum atomic E-state index is -2.46. The van der Waals surface area contributed by atoms with E-state index in [1.54, 1.807) is 0 Å². The first-order valence-electron chi connectivity index (χ1n) is 2.67. The van der Waals surface area contributed by atoms with Crippen LogP contribution in [0.1, 0.15) is 0 Å². The van der Waals surface area contributed by atoms with Crippen molar-refractivity contribution in [2.24, 2.45) is 0 Å².